The molecule has 28 heavy (non-hydrogen) atoms. The van der Waals surface area contributed by atoms with E-state index in [0.717, 1.165) is 49.6 Å². The Labute approximate surface area is 164 Å². The smallest absolute Gasteiger partial charge is 0.317 e. The molecule has 146 valence electrons. The number of imidazole rings is 1. The molecule has 1 aliphatic heterocycles. The molecule has 1 saturated heterocycles. The minimum atomic E-state index is -0.0512. The lowest BCUT2D eigenvalue weighted by molar-refractivity contribution is 0.158. The molecule has 3 heterocycles. The second-order valence-corrected chi connectivity index (χ2v) is 7.28. The minimum Gasteiger partial charge on any atom is -0.359 e. The first-order valence-corrected chi connectivity index (χ1v) is 9.70. The number of nitrogens with zero attached hydrogens (tertiary/aromatic N) is 4. The molecule has 7 nitrogen and oxygen atoms in total. The summed E-state index contributed by atoms with van der Waals surface area (Å²) >= 11 is 0. The molecule has 1 N–H and O–H groups in total. The Bertz CT molecular complexity index is 918. The summed E-state index contributed by atoms with van der Waals surface area (Å²) in [6, 6.07) is 11.7. The average Bonchev–Trinajstić information content (AvgIpc) is 3.36. The van der Waals surface area contributed by atoms with Gasteiger partial charge in [0, 0.05) is 43.7 Å². The number of amides is 2. The van der Waals surface area contributed by atoms with Crippen LogP contribution in [0.1, 0.15) is 24.4 Å². The van der Waals surface area contributed by atoms with E-state index in [0.29, 0.717) is 18.2 Å². The number of likely N-dealkylation sites (tertiary alicyclic amines) is 1. The van der Waals surface area contributed by atoms with E-state index in [-0.39, 0.29) is 6.03 Å². The van der Waals surface area contributed by atoms with Crippen LogP contribution in [0.3, 0.4) is 0 Å². The van der Waals surface area contributed by atoms with Crippen LogP contribution in [0.25, 0.3) is 11.3 Å². The lowest BCUT2D eigenvalue weighted by atomic mass is 9.98. The van der Waals surface area contributed by atoms with Crippen molar-refractivity contribution >= 4 is 6.03 Å². The summed E-state index contributed by atoms with van der Waals surface area (Å²) in [6.07, 6.45) is 5.97. The average molecular weight is 379 g/mol. The largest absolute Gasteiger partial charge is 0.359 e. The van der Waals surface area contributed by atoms with Crippen molar-refractivity contribution in [2.24, 2.45) is 5.92 Å². The fraction of sp³-hybridized carbons (Fsp3) is 0.381. The number of piperidine rings is 1. The predicted octanol–water partition coefficient (Wildman–Crippen LogP) is 3.47. The van der Waals surface area contributed by atoms with Crippen LogP contribution in [-0.2, 0) is 13.1 Å². The molecule has 0 aliphatic carbocycles. The van der Waals surface area contributed by atoms with Crippen molar-refractivity contribution in [3.05, 3.63) is 60.4 Å². The number of urea groups is 1. The highest BCUT2D eigenvalue weighted by molar-refractivity contribution is 5.74. The SMILES string of the molecule is Cc1nccn1C[C@H]1CCCN(C(=O)NCc2cc(-c3ccccc3)no2)C1. The Morgan fingerprint density at radius 2 is 2.18 bits per heavy atom. The first-order chi connectivity index (χ1) is 13.7. The molecule has 4 rings (SSSR count). The molecular formula is C21H25N5O2. The van der Waals surface area contributed by atoms with Crippen LogP contribution in [0.15, 0.2) is 53.3 Å². The third-order valence-corrected chi connectivity index (χ3v) is 5.23. The maximum atomic E-state index is 12.6. The van der Waals surface area contributed by atoms with Gasteiger partial charge in [-0.1, -0.05) is 35.5 Å². The lowest BCUT2D eigenvalue weighted by Gasteiger charge is -2.33. The second kappa shape index (κ2) is 8.29. The summed E-state index contributed by atoms with van der Waals surface area (Å²) in [6.45, 7) is 4.79. The van der Waals surface area contributed by atoms with Gasteiger partial charge < -0.3 is 19.3 Å². The highest BCUT2D eigenvalue weighted by atomic mass is 16.5. The summed E-state index contributed by atoms with van der Waals surface area (Å²) in [7, 11) is 0. The molecule has 0 radical (unpaired) electrons. The van der Waals surface area contributed by atoms with Crippen LogP contribution in [0.5, 0.6) is 0 Å². The molecule has 1 aromatic carbocycles. The third kappa shape index (κ3) is 4.24. The van der Waals surface area contributed by atoms with E-state index in [4.69, 9.17) is 4.52 Å². The highest BCUT2D eigenvalue weighted by Crippen LogP contribution is 2.20. The topological polar surface area (TPSA) is 76.2 Å². The number of carbonyl (C=O) groups is 1. The molecule has 0 bridgehead atoms. The second-order valence-electron chi connectivity index (χ2n) is 7.28. The van der Waals surface area contributed by atoms with Gasteiger partial charge >= 0.3 is 6.03 Å². The van der Waals surface area contributed by atoms with Crippen LogP contribution < -0.4 is 5.32 Å². The number of hydrogen-bond acceptors (Lipinski definition) is 4. The van der Waals surface area contributed by atoms with Crippen molar-refractivity contribution < 1.29 is 9.32 Å². The van der Waals surface area contributed by atoms with E-state index in [1.807, 2.05) is 60.6 Å². The zero-order valence-electron chi connectivity index (χ0n) is 16.0. The molecule has 1 fully saturated rings. The van der Waals surface area contributed by atoms with Gasteiger partial charge in [-0.3, -0.25) is 0 Å². The molecule has 3 aromatic rings. The van der Waals surface area contributed by atoms with Gasteiger partial charge in [-0.15, -0.1) is 0 Å². The molecule has 0 saturated carbocycles. The van der Waals surface area contributed by atoms with E-state index in [2.05, 4.69) is 20.0 Å². The number of benzene rings is 1. The van der Waals surface area contributed by atoms with E-state index in [1.165, 1.54) is 0 Å². The molecule has 1 aliphatic rings. The van der Waals surface area contributed by atoms with E-state index < -0.39 is 0 Å². The van der Waals surface area contributed by atoms with Gasteiger partial charge in [0.15, 0.2) is 5.76 Å². The highest BCUT2D eigenvalue weighted by Gasteiger charge is 2.24. The van der Waals surface area contributed by atoms with Crippen molar-refractivity contribution in [1.82, 2.24) is 24.9 Å². The van der Waals surface area contributed by atoms with Crippen LogP contribution in [0.2, 0.25) is 0 Å². The fourth-order valence-corrected chi connectivity index (χ4v) is 3.69. The first-order valence-electron chi connectivity index (χ1n) is 9.70. The van der Waals surface area contributed by atoms with Crippen LogP contribution in [0, 0.1) is 12.8 Å². The number of nitrogens with one attached hydrogen (secondary N) is 1. The maximum Gasteiger partial charge on any atom is 0.317 e. The van der Waals surface area contributed by atoms with Gasteiger partial charge in [0.2, 0.25) is 0 Å². The Hall–Kier alpha value is -3.09. The molecule has 0 spiro atoms. The van der Waals surface area contributed by atoms with Gasteiger partial charge in [-0.2, -0.15) is 0 Å². The van der Waals surface area contributed by atoms with Gasteiger partial charge in [0.25, 0.3) is 0 Å². The van der Waals surface area contributed by atoms with E-state index >= 15 is 0 Å². The number of aryl methyl sites for hydroxylation is 1. The summed E-state index contributed by atoms with van der Waals surface area (Å²) in [5.41, 5.74) is 1.77. The molecular weight excluding hydrogens is 354 g/mol. The van der Waals surface area contributed by atoms with Gasteiger partial charge in [0.1, 0.15) is 11.5 Å². The Morgan fingerprint density at radius 1 is 1.32 bits per heavy atom. The van der Waals surface area contributed by atoms with Gasteiger partial charge in [-0.25, -0.2) is 9.78 Å². The Morgan fingerprint density at radius 3 is 2.96 bits per heavy atom. The molecule has 2 amide bonds. The lowest BCUT2D eigenvalue weighted by Crippen LogP contribution is -2.46. The maximum absolute atomic E-state index is 12.6. The van der Waals surface area contributed by atoms with Crippen LogP contribution in [0.4, 0.5) is 4.79 Å². The minimum absolute atomic E-state index is 0.0512. The van der Waals surface area contributed by atoms with Crippen LogP contribution in [-0.4, -0.2) is 38.7 Å². The summed E-state index contributed by atoms with van der Waals surface area (Å²) in [4.78, 5) is 18.8. The number of aromatic nitrogens is 3. The Balaban J connectivity index is 1.30. The summed E-state index contributed by atoms with van der Waals surface area (Å²) in [5.74, 6) is 2.11. The zero-order chi connectivity index (χ0) is 19.3. The molecule has 0 unspecified atom stereocenters. The molecule has 1 atom stereocenters. The normalized spacial score (nSPS) is 16.9. The number of carbonyl (C=O) groups excluding carboxylic acids is 1. The van der Waals surface area contributed by atoms with Crippen molar-refractivity contribution in [3.8, 4) is 11.3 Å². The third-order valence-electron chi connectivity index (χ3n) is 5.23. The van der Waals surface area contributed by atoms with Gasteiger partial charge in [0.05, 0.1) is 6.54 Å². The van der Waals surface area contributed by atoms with Crippen molar-refractivity contribution in [2.75, 3.05) is 13.1 Å². The summed E-state index contributed by atoms with van der Waals surface area (Å²) < 4.78 is 7.53. The molecule has 7 heteroatoms. The summed E-state index contributed by atoms with van der Waals surface area (Å²) in [5, 5.41) is 7.05. The van der Waals surface area contributed by atoms with E-state index in [9.17, 15) is 4.79 Å². The Kier molecular flexibility index (Phi) is 5.41. The monoisotopic (exact) mass is 379 g/mol. The number of rotatable bonds is 5. The molecule has 2 aromatic heterocycles. The fourth-order valence-electron chi connectivity index (χ4n) is 3.69. The quantitative estimate of drug-likeness (QED) is 0.736. The van der Waals surface area contributed by atoms with E-state index in [1.54, 1.807) is 0 Å². The predicted molar refractivity (Wildman–Crippen MR) is 105 cm³/mol. The van der Waals surface area contributed by atoms with Crippen LogP contribution >= 0.6 is 0 Å². The first kappa shape index (κ1) is 18.3. The van der Waals surface area contributed by atoms with Crippen molar-refractivity contribution in [2.45, 2.75) is 32.9 Å². The van der Waals surface area contributed by atoms with Crippen molar-refractivity contribution in [3.63, 3.8) is 0 Å². The van der Waals surface area contributed by atoms with Crippen molar-refractivity contribution in [1.29, 1.82) is 0 Å². The number of hydrogen-bond donors (Lipinski definition) is 1. The standard InChI is InChI=1S/C21H25N5O2/c1-16-22-9-11-25(16)14-17-6-5-10-26(15-17)21(27)23-13-19-12-20(24-28-19)18-7-3-2-4-8-18/h2-4,7-9,11-12,17H,5-6,10,13-15H2,1H3,(H,23,27)/t17-/m1/s1. The zero-order valence-corrected chi connectivity index (χ0v) is 16.0. The van der Waals surface area contributed by atoms with Gasteiger partial charge in [-0.05, 0) is 25.7 Å².